The van der Waals surface area contributed by atoms with Gasteiger partial charge in [-0.05, 0) is 36.4 Å². The molecule has 2 aromatic carbocycles. The molecule has 0 bridgehead atoms. The van der Waals surface area contributed by atoms with Crippen LogP contribution in [0.25, 0.3) is 0 Å². The van der Waals surface area contributed by atoms with Gasteiger partial charge in [0, 0.05) is 11.1 Å². The van der Waals surface area contributed by atoms with Crippen molar-refractivity contribution in [2.75, 3.05) is 0 Å². The van der Waals surface area contributed by atoms with E-state index in [0.717, 1.165) is 36.4 Å². The first-order valence-electron chi connectivity index (χ1n) is 6.47. The summed E-state index contributed by atoms with van der Waals surface area (Å²) in [5.41, 5.74) is -0.355. The number of carbonyl (C=O) groups excluding carboxylic acids is 2. The number of hydrogen-bond acceptors (Lipinski definition) is 8. The van der Waals surface area contributed by atoms with Gasteiger partial charge in [0.25, 0.3) is 0 Å². The minimum absolute atomic E-state index is 0.178. The molecular weight excluding hydrogens is 320 g/mol. The van der Waals surface area contributed by atoms with Gasteiger partial charge in [0.15, 0.2) is 46.1 Å². The fourth-order valence-electron chi connectivity index (χ4n) is 1.84. The van der Waals surface area contributed by atoms with Gasteiger partial charge in [-0.3, -0.25) is 9.59 Å². The molecule has 0 saturated carbocycles. The summed E-state index contributed by atoms with van der Waals surface area (Å²) < 4.78 is 0. The van der Waals surface area contributed by atoms with Crippen LogP contribution in [0.5, 0.6) is 34.5 Å². The zero-order valence-electron chi connectivity index (χ0n) is 12.0. The minimum atomic E-state index is -0.776. The van der Waals surface area contributed by atoms with Gasteiger partial charge in [-0.1, -0.05) is 0 Å². The number of aromatic hydroxyl groups is 6. The molecule has 0 aromatic heterocycles. The maximum absolute atomic E-state index is 11.9. The fourth-order valence-corrected chi connectivity index (χ4v) is 1.84. The van der Waals surface area contributed by atoms with E-state index in [4.69, 9.17) is 0 Å². The first-order chi connectivity index (χ1) is 11.2. The lowest BCUT2D eigenvalue weighted by Crippen LogP contribution is -1.98. The van der Waals surface area contributed by atoms with Crippen molar-refractivity contribution in [3.8, 4) is 34.5 Å². The molecule has 8 nitrogen and oxygen atoms in total. The Morgan fingerprint density at radius 1 is 0.583 bits per heavy atom. The van der Waals surface area contributed by atoms with Crippen molar-refractivity contribution in [2.45, 2.75) is 0 Å². The van der Waals surface area contributed by atoms with Crippen LogP contribution in [0.3, 0.4) is 0 Å². The monoisotopic (exact) mass is 332 g/mol. The molecule has 0 spiro atoms. The van der Waals surface area contributed by atoms with Crippen molar-refractivity contribution < 1.29 is 40.2 Å². The van der Waals surface area contributed by atoms with Crippen LogP contribution < -0.4 is 0 Å². The summed E-state index contributed by atoms with van der Waals surface area (Å²) in [5.74, 6) is -5.86. The van der Waals surface area contributed by atoms with Crippen molar-refractivity contribution in [1.29, 1.82) is 0 Å². The highest BCUT2D eigenvalue weighted by Gasteiger charge is 2.14. The van der Waals surface area contributed by atoms with Crippen molar-refractivity contribution in [2.24, 2.45) is 0 Å². The standard InChI is InChI=1S/C16H12O8/c17-9(7-3-11(19)15(23)12(20)4-7)1-2-10(18)8-5-13(21)16(24)14(22)6-8/h1-6,19-24H. The number of phenolic OH excluding ortho intramolecular Hbond substituents is 6. The Bertz CT molecular complexity index is 749. The van der Waals surface area contributed by atoms with Crippen molar-refractivity contribution in [3.63, 3.8) is 0 Å². The third-order valence-electron chi connectivity index (χ3n) is 3.09. The summed E-state index contributed by atoms with van der Waals surface area (Å²) in [6.45, 7) is 0. The predicted molar refractivity (Wildman–Crippen MR) is 80.7 cm³/mol. The minimum Gasteiger partial charge on any atom is -0.504 e. The Hall–Kier alpha value is -3.68. The van der Waals surface area contributed by atoms with E-state index in [1.807, 2.05) is 0 Å². The summed E-state index contributed by atoms with van der Waals surface area (Å²) in [7, 11) is 0. The molecule has 2 aromatic rings. The normalized spacial score (nSPS) is 10.8. The predicted octanol–water partition coefficient (Wildman–Crippen LogP) is 1.54. The van der Waals surface area contributed by atoms with E-state index in [-0.39, 0.29) is 11.1 Å². The molecule has 0 unspecified atom stereocenters. The molecule has 0 heterocycles. The van der Waals surface area contributed by atoms with Crippen LogP contribution in [-0.4, -0.2) is 42.2 Å². The van der Waals surface area contributed by atoms with E-state index < -0.39 is 46.1 Å². The van der Waals surface area contributed by atoms with Crippen molar-refractivity contribution in [3.05, 3.63) is 47.5 Å². The zero-order chi connectivity index (χ0) is 18.0. The molecule has 0 aliphatic carbocycles. The highest BCUT2D eigenvalue weighted by molar-refractivity contribution is 6.12. The second-order valence-corrected chi connectivity index (χ2v) is 4.79. The SMILES string of the molecule is O=C(C=CC(=O)c1cc(O)c(O)c(O)c1)c1cc(O)c(O)c(O)c1. The van der Waals surface area contributed by atoms with Crippen LogP contribution in [0.1, 0.15) is 20.7 Å². The molecule has 6 N–H and O–H groups in total. The van der Waals surface area contributed by atoms with Gasteiger partial charge in [0.2, 0.25) is 0 Å². The molecule has 24 heavy (non-hydrogen) atoms. The molecular formula is C16H12O8. The lowest BCUT2D eigenvalue weighted by atomic mass is 10.1. The number of ketones is 2. The Labute approximate surface area is 134 Å². The van der Waals surface area contributed by atoms with Gasteiger partial charge in [-0.15, -0.1) is 0 Å². The molecule has 0 aliphatic heterocycles. The van der Waals surface area contributed by atoms with Crippen molar-refractivity contribution in [1.82, 2.24) is 0 Å². The number of carbonyl (C=O) groups is 2. The second kappa shape index (κ2) is 6.21. The second-order valence-electron chi connectivity index (χ2n) is 4.79. The number of allylic oxidation sites excluding steroid dienone is 2. The molecule has 2 rings (SSSR count). The highest BCUT2D eigenvalue weighted by atomic mass is 16.3. The molecule has 0 atom stereocenters. The number of benzene rings is 2. The summed E-state index contributed by atoms with van der Waals surface area (Å²) in [5, 5.41) is 55.8. The van der Waals surface area contributed by atoms with Crippen LogP contribution >= 0.6 is 0 Å². The van der Waals surface area contributed by atoms with Crippen molar-refractivity contribution >= 4 is 11.6 Å². The molecule has 0 fully saturated rings. The molecule has 0 saturated heterocycles. The van der Waals surface area contributed by atoms with E-state index in [1.54, 1.807) is 0 Å². The lowest BCUT2D eigenvalue weighted by Gasteiger charge is -2.04. The fraction of sp³-hybridized carbons (Fsp3) is 0. The maximum atomic E-state index is 11.9. The largest absolute Gasteiger partial charge is 0.504 e. The molecule has 8 heteroatoms. The summed E-state index contributed by atoms with van der Waals surface area (Å²) in [4.78, 5) is 23.8. The van der Waals surface area contributed by atoms with Crippen LogP contribution in [0.15, 0.2) is 36.4 Å². The topological polar surface area (TPSA) is 156 Å². The van der Waals surface area contributed by atoms with E-state index in [1.165, 1.54) is 0 Å². The van der Waals surface area contributed by atoms with Gasteiger partial charge >= 0.3 is 0 Å². The summed E-state index contributed by atoms with van der Waals surface area (Å²) >= 11 is 0. The number of rotatable bonds is 4. The molecule has 0 radical (unpaired) electrons. The van der Waals surface area contributed by atoms with Crippen LogP contribution in [0.4, 0.5) is 0 Å². The van der Waals surface area contributed by atoms with Crippen LogP contribution in [0.2, 0.25) is 0 Å². The zero-order valence-corrected chi connectivity index (χ0v) is 12.0. The van der Waals surface area contributed by atoms with Gasteiger partial charge in [-0.2, -0.15) is 0 Å². The first-order valence-corrected chi connectivity index (χ1v) is 6.47. The summed E-state index contributed by atoms with van der Waals surface area (Å²) in [6.07, 6.45) is 1.68. The summed E-state index contributed by atoms with van der Waals surface area (Å²) in [6, 6.07) is 3.63. The Balaban J connectivity index is 2.24. The highest BCUT2D eigenvalue weighted by Crippen LogP contribution is 2.36. The van der Waals surface area contributed by atoms with Gasteiger partial charge in [-0.25, -0.2) is 0 Å². The van der Waals surface area contributed by atoms with Crippen LogP contribution in [-0.2, 0) is 0 Å². The quantitative estimate of drug-likeness (QED) is 0.280. The molecule has 0 amide bonds. The van der Waals surface area contributed by atoms with Gasteiger partial charge in [0.05, 0.1) is 0 Å². The number of phenols is 6. The molecule has 124 valence electrons. The Kier molecular flexibility index (Phi) is 4.32. The van der Waals surface area contributed by atoms with Gasteiger partial charge < -0.3 is 30.6 Å². The van der Waals surface area contributed by atoms with E-state index in [0.29, 0.717) is 0 Å². The lowest BCUT2D eigenvalue weighted by molar-refractivity contribution is 0.102. The Morgan fingerprint density at radius 2 is 0.833 bits per heavy atom. The van der Waals surface area contributed by atoms with Gasteiger partial charge in [0.1, 0.15) is 0 Å². The maximum Gasteiger partial charge on any atom is 0.200 e. The number of hydrogen-bond donors (Lipinski definition) is 6. The van der Waals surface area contributed by atoms with Crippen LogP contribution in [0, 0.1) is 0 Å². The van der Waals surface area contributed by atoms with E-state index >= 15 is 0 Å². The third kappa shape index (κ3) is 3.22. The van der Waals surface area contributed by atoms with E-state index in [2.05, 4.69) is 0 Å². The Morgan fingerprint density at radius 3 is 1.08 bits per heavy atom. The smallest absolute Gasteiger partial charge is 0.200 e. The van der Waals surface area contributed by atoms with E-state index in [9.17, 15) is 40.2 Å². The third-order valence-corrected chi connectivity index (χ3v) is 3.09. The average molecular weight is 332 g/mol. The average Bonchev–Trinajstić information content (AvgIpc) is 2.53. The molecule has 0 aliphatic rings. The first kappa shape index (κ1) is 16.7.